The zero-order valence-corrected chi connectivity index (χ0v) is 16.1. The Balaban J connectivity index is 1.38. The fraction of sp³-hybridized carbons (Fsp3) is 0.304. The van der Waals surface area contributed by atoms with E-state index in [4.69, 9.17) is 4.42 Å². The maximum Gasteiger partial charge on any atom is 0.290 e. The highest BCUT2D eigenvalue weighted by atomic mass is 19.1. The minimum Gasteiger partial charge on any atom is -0.451 e. The Morgan fingerprint density at radius 3 is 2.43 bits per heavy atom. The number of hydrogen-bond donors (Lipinski definition) is 1. The van der Waals surface area contributed by atoms with Gasteiger partial charge in [-0.2, -0.15) is 4.39 Å². The molecule has 0 spiro atoms. The van der Waals surface area contributed by atoms with Crippen molar-refractivity contribution in [3.8, 4) is 11.3 Å². The lowest BCUT2D eigenvalue weighted by molar-refractivity contribution is -0.0510. The molecule has 2 saturated heterocycles. The summed E-state index contributed by atoms with van der Waals surface area (Å²) in [6.45, 7) is 0. The summed E-state index contributed by atoms with van der Waals surface area (Å²) in [5.41, 5.74) is -0.479. The van der Waals surface area contributed by atoms with Gasteiger partial charge in [0.05, 0.1) is 5.60 Å². The number of carbonyl (C=O) groups excluding carboxylic acids is 1. The van der Waals surface area contributed by atoms with Crippen molar-refractivity contribution in [2.24, 2.45) is 0 Å². The van der Waals surface area contributed by atoms with Crippen LogP contribution in [0.15, 0.2) is 59.1 Å². The molecule has 0 saturated carbocycles. The summed E-state index contributed by atoms with van der Waals surface area (Å²) in [5.74, 6) is -0.580. The van der Waals surface area contributed by atoms with Gasteiger partial charge < -0.3 is 14.4 Å². The second-order valence-corrected chi connectivity index (χ2v) is 8.05. The number of hydrogen-bond acceptors (Lipinski definition) is 4. The molecule has 1 aromatic carbocycles. The highest BCUT2D eigenvalue weighted by Gasteiger charge is 2.51. The fourth-order valence-corrected chi connectivity index (χ4v) is 4.86. The normalized spacial score (nSPS) is 25.5. The van der Waals surface area contributed by atoms with Crippen molar-refractivity contribution in [1.82, 2.24) is 9.88 Å². The fourth-order valence-electron chi connectivity index (χ4n) is 4.86. The number of aromatic nitrogens is 1. The summed E-state index contributed by atoms with van der Waals surface area (Å²) in [7, 11) is 0. The number of carbonyl (C=O) groups is 1. The SMILES string of the molecule is O=C(c1ccc(-c2ccc(F)cc2)o1)N1[C@@H]2CC[C@H]1CC(O)(c1cccnc1F)C2. The van der Waals surface area contributed by atoms with Gasteiger partial charge in [0.25, 0.3) is 5.91 Å². The summed E-state index contributed by atoms with van der Waals surface area (Å²) < 4.78 is 33.1. The Morgan fingerprint density at radius 2 is 1.77 bits per heavy atom. The van der Waals surface area contributed by atoms with Gasteiger partial charge in [0.15, 0.2) is 5.76 Å². The smallest absolute Gasteiger partial charge is 0.290 e. The van der Waals surface area contributed by atoms with Crippen LogP contribution >= 0.6 is 0 Å². The van der Waals surface area contributed by atoms with Crippen LogP contribution in [-0.2, 0) is 5.60 Å². The lowest BCUT2D eigenvalue weighted by atomic mass is 9.81. The molecule has 2 bridgehead atoms. The minimum atomic E-state index is -1.34. The van der Waals surface area contributed by atoms with Crippen LogP contribution in [0.2, 0.25) is 0 Å². The Hall–Kier alpha value is -3.06. The van der Waals surface area contributed by atoms with Gasteiger partial charge in [-0.25, -0.2) is 9.37 Å². The third kappa shape index (κ3) is 3.10. The van der Waals surface area contributed by atoms with Gasteiger partial charge in [0.2, 0.25) is 5.95 Å². The average molecular weight is 410 g/mol. The summed E-state index contributed by atoms with van der Waals surface area (Å²) in [4.78, 5) is 18.6. The van der Waals surface area contributed by atoms with E-state index in [0.29, 0.717) is 11.3 Å². The molecule has 3 aromatic rings. The Morgan fingerprint density at radius 1 is 1.07 bits per heavy atom. The second-order valence-electron chi connectivity index (χ2n) is 8.05. The van der Waals surface area contributed by atoms with E-state index in [2.05, 4.69) is 4.98 Å². The van der Waals surface area contributed by atoms with Crippen LogP contribution in [0.5, 0.6) is 0 Å². The molecule has 5 nitrogen and oxygen atoms in total. The highest BCUT2D eigenvalue weighted by molar-refractivity contribution is 5.93. The minimum absolute atomic E-state index is 0.186. The summed E-state index contributed by atoms with van der Waals surface area (Å²) in [5, 5.41) is 11.2. The number of amides is 1. The number of aliphatic hydroxyl groups is 1. The van der Waals surface area contributed by atoms with Crippen molar-refractivity contribution in [1.29, 1.82) is 0 Å². The molecule has 30 heavy (non-hydrogen) atoms. The summed E-state index contributed by atoms with van der Waals surface area (Å²) in [6.07, 6.45) is 3.34. The van der Waals surface area contributed by atoms with Crippen molar-refractivity contribution in [3.05, 3.63) is 77.8 Å². The maximum absolute atomic E-state index is 14.2. The van der Waals surface area contributed by atoms with E-state index in [1.54, 1.807) is 41.3 Å². The number of benzene rings is 1. The van der Waals surface area contributed by atoms with Crippen molar-refractivity contribution >= 4 is 5.91 Å². The Kier molecular flexibility index (Phi) is 4.43. The van der Waals surface area contributed by atoms with Crippen molar-refractivity contribution < 1.29 is 23.1 Å². The topological polar surface area (TPSA) is 66.6 Å². The molecule has 1 N–H and O–H groups in total. The van der Waals surface area contributed by atoms with Gasteiger partial charge in [-0.05, 0) is 55.3 Å². The monoisotopic (exact) mass is 410 g/mol. The van der Waals surface area contributed by atoms with Gasteiger partial charge in [0.1, 0.15) is 11.6 Å². The number of nitrogens with zero attached hydrogens (tertiary/aromatic N) is 2. The number of fused-ring (bicyclic) bond motifs is 2. The quantitative estimate of drug-likeness (QED) is 0.655. The molecule has 3 atom stereocenters. The summed E-state index contributed by atoms with van der Waals surface area (Å²) >= 11 is 0. The first-order valence-electron chi connectivity index (χ1n) is 9.96. The number of rotatable bonds is 3. The predicted molar refractivity (Wildman–Crippen MR) is 104 cm³/mol. The average Bonchev–Trinajstić information content (AvgIpc) is 3.32. The van der Waals surface area contributed by atoms with E-state index in [0.717, 1.165) is 12.8 Å². The predicted octanol–water partition coefficient (Wildman–Crippen LogP) is 4.27. The maximum atomic E-state index is 14.2. The van der Waals surface area contributed by atoms with Crippen LogP contribution in [0.3, 0.4) is 0 Å². The molecule has 1 unspecified atom stereocenters. The van der Waals surface area contributed by atoms with Gasteiger partial charge in [0, 0.05) is 42.2 Å². The molecule has 0 radical (unpaired) electrons. The molecule has 154 valence electrons. The van der Waals surface area contributed by atoms with Crippen LogP contribution in [0.1, 0.15) is 41.8 Å². The van der Waals surface area contributed by atoms with Gasteiger partial charge in [-0.1, -0.05) is 6.07 Å². The lowest BCUT2D eigenvalue weighted by Gasteiger charge is -2.43. The standard InChI is InChI=1S/C23H20F2N2O3/c24-15-5-3-14(4-6-15)19-9-10-20(30-19)22(28)27-16-7-8-17(27)13-23(29,12-16)18-2-1-11-26-21(18)25/h1-6,9-11,16-17,29H,7-8,12-13H2/t16-,17+,23?. The molecule has 4 heterocycles. The molecule has 5 rings (SSSR count). The number of pyridine rings is 1. The largest absolute Gasteiger partial charge is 0.451 e. The van der Waals surface area contributed by atoms with E-state index in [1.165, 1.54) is 18.3 Å². The Labute approximate surface area is 172 Å². The Bertz CT molecular complexity index is 1080. The van der Waals surface area contributed by atoms with Crippen molar-refractivity contribution in [2.75, 3.05) is 0 Å². The molecule has 2 aliphatic rings. The zero-order chi connectivity index (χ0) is 20.9. The van der Waals surface area contributed by atoms with Gasteiger partial charge in [-0.15, -0.1) is 0 Å². The number of halogens is 2. The van der Waals surface area contributed by atoms with Crippen molar-refractivity contribution in [3.63, 3.8) is 0 Å². The van der Waals surface area contributed by atoms with Crippen LogP contribution < -0.4 is 0 Å². The van der Waals surface area contributed by atoms with Gasteiger partial charge >= 0.3 is 0 Å². The van der Waals surface area contributed by atoms with Crippen LogP contribution in [0.25, 0.3) is 11.3 Å². The molecule has 1 amide bonds. The number of furan rings is 1. The lowest BCUT2D eigenvalue weighted by Crippen LogP contribution is -2.52. The molecule has 0 aliphatic carbocycles. The first-order valence-corrected chi connectivity index (χ1v) is 9.96. The van der Waals surface area contributed by atoms with E-state index >= 15 is 0 Å². The number of piperidine rings is 1. The van der Waals surface area contributed by atoms with Gasteiger partial charge in [-0.3, -0.25) is 4.79 Å². The third-order valence-electron chi connectivity index (χ3n) is 6.21. The molecule has 2 fully saturated rings. The van der Waals surface area contributed by atoms with E-state index in [9.17, 15) is 18.7 Å². The van der Waals surface area contributed by atoms with E-state index in [-0.39, 0.29) is 48.0 Å². The molecule has 2 aromatic heterocycles. The second kappa shape index (κ2) is 7.02. The summed E-state index contributed by atoms with van der Waals surface area (Å²) in [6, 6.07) is 11.9. The third-order valence-corrected chi connectivity index (χ3v) is 6.21. The molecule has 2 aliphatic heterocycles. The van der Waals surface area contributed by atoms with Crippen LogP contribution in [0.4, 0.5) is 8.78 Å². The first-order chi connectivity index (χ1) is 14.4. The van der Waals surface area contributed by atoms with E-state index < -0.39 is 11.5 Å². The highest BCUT2D eigenvalue weighted by Crippen LogP contribution is 2.46. The van der Waals surface area contributed by atoms with Crippen LogP contribution in [-0.4, -0.2) is 33.0 Å². The first kappa shape index (κ1) is 18.9. The van der Waals surface area contributed by atoms with Crippen molar-refractivity contribution in [2.45, 2.75) is 43.4 Å². The molecular formula is C23H20F2N2O3. The molecular weight excluding hydrogens is 390 g/mol. The molecule has 7 heteroatoms. The zero-order valence-electron chi connectivity index (χ0n) is 16.1. The van der Waals surface area contributed by atoms with Crippen LogP contribution in [0, 0.1) is 11.8 Å². The van der Waals surface area contributed by atoms with E-state index in [1.807, 2.05) is 0 Å².